The monoisotopic (exact) mass is 393 g/mol. The number of piperazine rings is 1. The van der Waals surface area contributed by atoms with Gasteiger partial charge in [-0.1, -0.05) is 42.1 Å². The van der Waals surface area contributed by atoms with Crippen LogP contribution in [0.1, 0.15) is 5.69 Å². The van der Waals surface area contributed by atoms with Crippen LogP contribution in [0.3, 0.4) is 0 Å². The van der Waals surface area contributed by atoms with E-state index in [1.807, 2.05) is 11.8 Å². The van der Waals surface area contributed by atoms with Crippen LogP contribution in [0, 0.1) is 6.92 Å². The van der Waals surface area contributed by atoms with E-state index >= 15 is 0 Å². The van der Waals surface area contributed by atoms with Crippen LogP contribution in [-0.2, 0) is 6.54 Å². The fourth-order valence-electron chi connectivity index (χ4n) is 4.36. The number of nitrogens with zero attached hydrogens (tertiary/aromatic N) is 3. The topological polar surface area (TPSA) is 20.6 Å². The average molecular weight is 394 g/mol. The molecule has 5 heteroatoms. The third-order valence-corrected chi connectivity index (χ3v) is 7.18. The van der Waals surface area contributed by atoms with Gasteiger partial charge in [0.1, 0.15) is 11.9 Å². The Balaban J connectivity index is 1.44. The van der Waals surface area contributed by atoms with Crippen molar-refractivity contribution in [2.75, 3.05) is 39.8 Å². The second-order valence-corrected chi connectivity index (χ2v) is 9.02. The van der Waals surface area contributed by atoms with Crippen LogP contribution in [0.2, 0.25) is 0 Å². The molecule has 5 rings (SSSR count). The molecule has 0 N–H and O–H groups in total. The number of hydrogen-bond acceptors (Lipinski definition) is 4. The molecular weight excluding hydrogens is 366 g/mol. The molecule has 2 aliphatic heterocycles. The highest BCUT2D eigenvalue weighted by molar-refractivity contribution is 7.99. The fraction of sp³-hybridized carbons (Fsp3) is 0.391. The third kappa shape index (κ3) is 3.32. The van der Waals surface area contributed by atoms with Gasteiger partial charge in [0.05, 0.1) is 12.1 Å². The number of hydrogen-bond donors (Lipinski definition) is 0. The Bertz CT molecular complexity index is 976. The van der Waals surface area contributed by atoms with Gasteiger partial charge < -0.3 is 14.2 Å². The van der Waals surface area contributed by atoms with Crippen molar-refractivity contribution in [2.24, 2.45) is 0 Å². The first-order chi connectivity index (χ1) is 13.7. The summed E-state index contributed by atoms with van der Waals surface area (Å²) in [6.45, 7) is 8.75. The molecule has 2 aliphatic rings. The van der Waals surface area contributed by atoms with E-state index in [1.165, 1.54) is 26.4 Å². The predicted octanol–water partition coefficient (Wildman–Crippen LogP) is 4.11. The van der Waals surface area contributed by atoms with Crippen molar-refractivity contribution < 1.29 is 4.74 Å². The molecule has 1 aromatic heterocycles. The summed E-state index contributed by atoms with van der Waals surface area (Å²) in [5, 5.41) is 1.31. The van der Waals surface area contributed by atoms with Gasteiger partial charge in [-0.3, -0.25) is 4.90 Å². The second-order valence-electron chi connectivity index (χ2n) is 7.94. The summed E-state index contributed by atoms with van der Waals surface area (Å²) in [4.78, 5) is 7.59. The Morgan fingerprint density at radius 3 is 2.57 bits per heavy atom. The Morgan fingerprint density at radius 1 is 1.00 bits per heavy atom. The molecule has 1 atom stereocenters. The molecule has 3 heterocycles. The maximum atomic E-state index is 6.47. The first-order valence-corrected chi connectivity index (χ1v) is 10.9. The third-order valence-electron chi connectivity index (χ3n) is 5.95. The van der Waals surface area contributed by atoms with Crippen LogP contribution in [0.5, 0.6) is 5.75 Å². The minimum absolute atomic E-state index is 0.210. The van der Waals surface area contributed by atoms with Gasteiger partial charge in [0.2, 0.25) is 0 Å². The molecule has 4 nitrogen and oxygen atoms in total. The van der Waals surface area contributed by atoms with Crippen LogP contribution < -0.4 is 4.74 Å². The fourth-order valence-corrected chi connectivity index (χ4v) is 5.42. The van der Waals surface area contributed by atoms with Crippen molar-refractivity contribution in [3.8, 4) is 5.75 Å². The summed E-state index contributed by atoms with van der Waals surface area (Å²) in [5.74, 6) is 1.03. The van der Waals surface area contributed by atoms with Crippen LogP contribution in [0.15, 0.2) is 58.3 Å². The number of likely N-dealkylation sites (N-methyl/N-ethyl adjacent to an activating group) is 1. The van der Waals surface area contributed by atoms with Gasteiger partial charge in [0.15, 0.2) is 0 Å². The highest BCUT2D eigenvalue weighted by atomic mass is 32.2. The van der Waals surface area contributed by atoms with Crippen molar-refractivity contribution >= 4 is 22.7 Å². The molecule has 28 heavy (non-hydrogen) atoms. The molecule has 0 radical (unpaired) electrons. The molecular formula is C23H27N3OS. The minimum Gasteiger partial charge on any atom is -0.485 e. The van der Waals surface area contributed by atoms with Crippen LogP contribution in [-0.4, -0.2) is 60.2 Å². The molecule has 3 aromatic rings. The van der Waals surface area contributed by atoms with Crippen molar-refractivity contribution in [3.63, 3.8) is 0 Å². The van der Waals surface area contributed by atoms with Crippen molar-refractivity contribution in [3.05, 3.63) is 54.2 Å². The van der Waals surface area contributed by atoms with E-state index in [4.69, 9.17) is 4.74 Å². The molecule has 2 aromatic carbocycles. The van der Waals surface area contributed by atoms with Gasteiger partial charge in [0, 0.05) is 53.6 Å². The van der Waals surface area contributed by atoms with Gasteiger partial charge in [-0.05, 0) is 32.2 Å². The zero-order valence-electron chi connectivity index (χ0n) is 16.6. The maximum Gasteiger partial charge on any atom is 0.144 e. The number of ether oxygens (including phenoxy) is 1. The number of benzene rings is 2. The Hall–Kier alpha value is -1.95. The van der Waals surface area contributed by atoms with E-state index in [2.05, 4.69) is 76.9 Å². The largest absolute Gasteiger partial charge is 0.485 e. The quantitative estimate of drug-likeness (QED) is 0.665. The first-order valence-electron chi connectivity index (χ1n) is 10.1. The Morgan fingerprint density at radius 2 is 1.79 bits per heavy atom. The number of para-hydroxylation sites is 1. The summed E-state index contributed by atoms with van der Waals surface area (Å²) in [5.41, 5.74) is 2.61. The van der Waals surface area contributed by atoms with Gasteiger partial charge in [-0.25, -0.2) is 0 Å². The summed E-state index contributed by atoms with van der Waals surface area (Å²) < 4.78 is 8.95. The van der Waals surface area contributed by atoms with Crippen LogP contribution in [0.25, 0.3) is 10.9 Å². The van der Waals surface area contributed by atoms with E-state index in [1.54, 1.807) is 0 Å². The zero-order chi connectivity index (χ0) is 19.1. The van der Waals surface area contributed by atoms with Gasteiger partial charge >= 0.3 is 0 Å². The Kier molecular flexibility index (Phi) is 4.83. The predicted molar refractivity (Wildman–Crippen MR) is 116 cm³/mol. The van der Waals surface area contributed by atoms with Gasteiger partial charge in [-0.2, -0.15) is 0 Å². The number of aromatic nitrogens is 1. The molecule has 0 bridgehead atoms. The molecule has 146 valence electrons. The average Bonchev–Trinajstić information content (AvgIpc) is 2.98. The molecule has 0 aliphatic carbocycles. The normalized spacial score (nSPS) is 20.4. The van der Waals surface area contributed by atoms with Crippen molar-refractivity contribution in [1.29, 1.82) is 0 Å². The lowest BCUT2D eigenvalue weighted by molar-refractivity contribution is 0.0807. The summed E-state index contributed by atoms with van der Waals surface area (Å²) in [6, 6.07) is 17.2. The minimum atomic E-state index is 0.210. The standard InChI is InChI=1S/C23H27N3OS/c1-17-23(28-19-7-4-3-5-8-19)20-9-6-10-21-22(20)26(17)16-18(27-21)15-25-13-11-24(2)12-14-25/h3-10,18H,11-16H2,1-2H3. The second kappa shape index (κ2) is 7.47. The number of rotatable bonds is 4. The highest BCUT2D eigenvalue weighted by Crippen LogP contribution is 2.43. The van der Waals surface area contributed by atoms with Crippen LogP contribution >= 0.6 is 11.8 Å². The van der Waals surface area contributed by atoms with E-state index in [-0.39, 0.29) is 6.10 Å². The van der Waals surface area contributed by atoms with Gasteiger partial charge in [0.25, 0.3) is 0 Å². The lowest BCUT2D eigenvalue weighted by Gasteiger charge is -2.36. The first kappa shape index (κ1) is 18.1. The van der Waals surface area contributed by atoms with Gasteiger partial charge in [-0.15, -0.1) is 0 Å². The molecule has 1 fully saturated rings. The summed E-state index contributed by atoms with van der Waals surface area (Å²) in [6.07, 6.45) is 0.210. The lowest BCUT2D eigenvalue weighted by atomic mass is 10.2. The van der Waals surface area contributed by atoms with E-state index in [0.29, 0.717) is 0 Å². The van der Waals surface area contributed by atoms with Crippen molar-refractivity contribution in [1.82, 2.24) is 14.4 Å². The zero-order valence-corrected chi connectivity index (χ0v) is 17.4. The molecule has 1 saturated heterocycles. The molecule has 0 amide bonds. The van der Waals surface area contributed by atoms with Crippen molar-refractivity contribution in [2.45, 2.75) is 29.4 Å². The summed E-state index contributed by atoms with van der Waals surface area (Å²) in [7, 11) is 2.20. The summed E-state index contributed by atoms with van der Waals surface area (Å²) >= 11 is 1.86. The van der Waals surface area contributed by atoms with E-state index < -0.39 is 0 Å². The lowest BCUT2D eigenvalue weighted by Crippen LogP contribution is -2.49. The van der Waals surface area contributed by atoms with E-state index in [9.17, 15) is 0 Å². The SMILES string of the molecule is Cc1c(Sc2ccccc2)c2cccc3c2n1CC(CN1CCN(C)CC1)O3. The molecule has 0 saturated carbocycles. The molecule has 1 unspecified atom stereocenters. The smallest absolute Gasteiger partial charge is 0.144 e. The Labute approximate surface area is 171 Å². The maximum absolute atomic E-state index is 6.47. The molecule has 0 spiro atoms. The van der Waals surface area contributed by atoms with Crippen LogP contribution in [0.4, 0.5) is 0 Å². The highest BCUT2D eigenvalue weighted by Gasteiger charge is 2.28. The van der Waals surface area contributed by atoms with E-state index in [0.717, 1.165) is 45.0 Å².